The average Bonchev–Trinajstić information content (AvgIpc) is 2.72. The summed E-state index contributed by atoms with van der Waals surface area (Å²) in [6.07, 6.45) is 0.665. The Morgan fingerprint density at radius 1 is 1.21 bits per heavy atom. The molecule has 0 radical (unpaired) electrons. The maximum absolute atomic E-state index is 12.0. The molecule has 1 aliphatic rings. The van der Waals surface area contributed by atoms with Crippen LogP contribution >= 0.6 is 0 Å². The zero-order valence-corrected chi connectivity index (χ0v) is 12.0. The lowest BCUT2D eigenvalue weighted by Crippen LogP contribution is -2.27. The van der Waals surface area contributed by atoms with Crippen LogP contribution in [0, 0.1) is 11.3 Å². The quantitative estimate of drug-likeness (QED) is 0.908. The van der Waals surface area contributed by atoms with Crippen molar-refractivity contribution in [1.82, 2.24) is 4.90 Å². The van der Waals surface area contributed by atoms with Gasteiger partial charge in [0.1, 0.15) is 0 Å². The third-order valence-electron chi connectivity index (χ3n) is 4.02. The van der Waals surface area contributed by atoms with Crippen molar-refractivity contribution in [2.45, 2.75) is 40.3 Å². The standard InChI is InChI=1S/C16H23NO2/c1-16(2,3)14-8-15(19)17(10-14)9-12-4-6-13(11-18)7-5-12/h4-7,14,18H,8-11H2,1-3H3. The third kappa shape index (κ3) is 3.35. The highest BCUT2D eigenvalue weighted by atomic mass is 16.3. The van der Waals surface area contributed by atoms with E-state index in [0.29, 0.717) is 18.9 Å². The fourth-order valence-electron chi connectivity index (χ4n) is 2.48. The minimum absolute atomic E-state index is 0.0645. The Morgan fingerprint density at radius 2 is 1.79 bits per heavy atom. The number of aliphatic hydroxyl groups excluding tert-OH is 1. The van der Waals surface area contributed by atoms with Gasteiger partial charge in [-0.25, -0.2) is 0 Å². The van der Waals surface area contributed by atoms with Gasteiger partial charge in [0.2, 0.25) is 5.91 Å². The molecular weight excluding hydrogens is 238 g/mol. The number of benzene rings is 1. The van der Waals surface area contributed by atoms with Crippen LogP contribution in [0.1, 0.15) is 38.3 Å². The number of amides is 1. The van der Waals surface area contributed by atoms with Gasteiger partial charge in [0.15, 0.2) is 0 Å². The smallest absolute Gasteiger partial charge is 0.223 e. The molecule has 0 aliphatic carbocycles. The van der Waals surface area contributed by atoms with Crippen molar-refractivity contribution in [3.8, 4) is 0 Å². The molecule has 0 bridgehead atoms. The fraction of sp³-hybridized carbons (Fsp3) is 0.562. The number of hydrogen-bond acceptors (Lipinski definition) is 2. The second-order valence-electron chi connectivity index (χ2n) is 6.52. The summed E-state index contributed by atoms with van der Waals surface area (Å²) in [5.41, 5.74) is 2.22. The molecule has 1 aromatic rings. The van der Waals surface area contributed by atoms with E-state index in [1.807, 2.05) is 29.2 Å². The van der Waals surface area contributed by atoms with Crippen molar-refractivity contribution in [1.29, 1.82) is 0 Å². The van der Waals surface area contributed by atoms with E-state index in [1.54, 1.807) is 0 Å². The lowest BCUT2D eigenvalue weighted by molar-refractivity contribution is -0.128. The topological polar surface area (TPSA) is 40.5 Å². The molecule has 3 nitrogen and oxygen atoms in total. The molecule has 2 rings (SSSR count). The number of carbonyl (C=O) groups is 1. The van der Waals surface area contributed by atoms with E-state index < -0.39 is 0 Å². The fourth-order valence-corrected chi connectivity index (χ4v) is 2.48. The van der Waals surface area contributed by atoms with Crippen LogP contribution in [0.15, 0.2) is 24.3 Å². The van der Waals surface area contributed by atoms with Crippen LogP contribution in [-0.4, -0.2) is 22.5 Å². The summed E-state index contributed by atoms with van der Waals surface area (Å²) in [7, 11) is 0. The minimum Gasteiger partial charge on any atom is -0.392 e. The lowest BCUT2D eigenvalue weighted by Gasteiger charge is -2.26. The summed E-state index contributed by atoms with van der Waals surface area (Å²) in [6.45, 7) is 8.19. The molecule has 1 aromatic carbocycles. The Morgan fingerprint density at radius 3 is 2.26 bits per heavy atom. The normalized spacial score (nSPS) is 20.1. The van der Waals surface area contributed by atoms with E-state index in [-0.39, 0.29) is 17.9 Å². The van der Waals surface area contributed by atoms with Gasteiger partial charge in [-0.1, -0.05) is 45.0 Å². The zero-order chi connectivity index (χ0) is 14.0. The van der Waals surface area contributed by atoms with Crippen LogP contribution in [0.3, 0.4) is 0 Å². The Kier molecular flexibility index (Phi) is 3.95. The second kappa shape index (κ2) is 5.33. The average molecular weight is 261 g/mol. The first-order valence-corrected chi connectivity index (χ1v) is 6.86. The van der Waals surface area contributed by atoms with Gasteiger partial charge in [-0.15, -0.1) is 0 Å². The number of carbonyl (C=O) groups excluding carboxylic acids is 1. The number of nitrogens with zero attached hydrogens (tertiary/aromatic N) is 1. The van der Waals surface area contributed by atoms with Crippen LogP contribution < -0.4 is 0 Å². The number of likely N-dealkylation sites (tertiary alicyclic amines) is 1. The zero-order valence-electron chi connectivity index (χ0n) is 12.0. The van der Waals surface area contributed by atoms with Gasteiger partial charge in [-0.2, -0.15) is 0 Å². The van der Waals surface area contributed by atoms with E-state index in [9.17, 15) is 4.79 Å². The van der Waals surface area contributed by atoms with E-state index in [1.165, 1.54) is 0 Å². The SMILES string of the molecule is CC(C)(C)C1CC(=O)N(Cc2ccc(CO)cc2)C1. The number of rotatable bonds is 3. The molecule has 1 aliphatic heterocycles. The first-order chi connectivity index (χ1) is 8.90. The maximum Gasteiger partial charge on any atom is 0.223 e. The molecule has 1 heterocycles. The van der Waals surface area contributed by atoms with Crippen molar-refractivity contribution in [2.75, 3.05) is 6.54 Å². The molecule has 19 heavy (non-hydrogen) atoms. The molecule has 1 amide bonds. The van der Waals surface area contributed by atoms with Gasteiger partial charge in [0.25, 0.3) is 0 Å². The predicted octanol–water partition coefficient (Wildman–Crippen LogP) is 2.57. The van der Waals surface area contributed by atoms with Crippen LogP contribution in [0.4, 0.5) is 0 Å². The molecule has 0 spiro atoms. The van der Waals surface area contributed by atoms with Gasteiger partial charge in [0, 0.05) is 19.5 Å². The third-order valence-corrected chi connectivity index (χ3v) is 4.02. The van der Waals surface area contributed by atoms with E-state index >= 15 is 0 Å². The van der Waals surface area contributed by atoms with Crippen LogP contribution in [-0.2, 0) is 17.9 Å². The molecule has 0 saturated carbocycles. The molecule has 1 fully saturated rings. The Hall–Kier alpha value is -1.35. The van der Waals surface area contributed by atoms with E-state index in [4.69, 9.17) is 5.11 Å². The highest BCUT2D eigenvalue weighted by Gasteiger charge is 2.36. The number of aliphatic hydroxyl groups is 1. The Labute approximate surface area is 115 Å². The largest absolute Gasteiger partial charge is 0.392 e. The van der Waals surface area contributed by atoms with Crippen molar-refractivity contribution in [2.24, 2.45) is 11.3 Å². The maximum atomic E-state index is 12.0. The first-order valence-electron chi connectivity index (χ1n) is 6.86. The van der Waals surface area contributed by atoms with E-state index in [0.717, 1.165) is 17.7 Å². The first kappa shape index (κ1) is 14.1. The summed E-state index contributed by atoms with van der Waals surface area (Å²) >= 11 is 0. The number of hydrogen-bond donors (Lipinski definition) is 1. The molecule has 1 N–H and O–H groups in total. The molecule has 1 unspecified atom stereocenters. The molecule has 0 aromatic heterocycles. The van der Waals surface area contributed by atoms with Crippen LogP contribution in [0.5, 0.6) is 0 Å². The monoisotopic (exact) mass is 261 g/mol. The summed E-state index contributed by atoms with van der Waals surface area (Å²) in [6, 6.07) is 7.81. The summed E-state index contributed by atoms with van der Waals surface area (Å²) < 4.78 is 0. The van der Waals surface area contributed by atoms with Crippen molar-refractivity contribution >= 4 is 5.91 Å². The van der Waals surface area contributed by atoms with Gasteiger partial charge in [-0.05, 0) is 22.5 Å². The molecule has 1 saturated heterocycles. The summed E-state index contributed by atoms with van der Waals surface area (Å²) in [5.74, 6) is 0.697. The minimum atomic E-state index is 0.0645. The van der Waals surface area contributed by atoms with E-state index in [2.05, 4.69) is 20.8 Å². The van der Waals surface area contributed by atoms with Crippen LogP contribution in [0.25, 0.3) is 0 Å². The second-order valence-corrected chi connectivity index (χ2v) is 6.52. The Bertz CT molecular complexity index is 445. The van der Waals surface area contributed by atoms with Crippen molar-refractivity contribution in [3.05, 3.63) is 35.4 Å². The summed E-state index contributed by atoms with van der Waals surface area (Å²) in [4.78, 5) is 14.0. The van der Waals surface area contributed by atoms with Gasteiger partial charge in [-0.3, -0.25) is 4.79 Å². The molecule has 1 atom stereocenters. The van der Waals surface area contributed by atoms with Crippen LogP contribution in [0.2, 0.25) is 0 Å². The Balaban J connectivity index is 2.01. The molecule has 104 valence electrons. The van der Waals surface area contributed by atoms with Gasteiger partial charge in [0.05, 0.1) is 6.61 Å². The lowest BCUT2D eigenvalue weighted by atomic mass is 9.80. The van der Waals surface area contributed by atoms with Crippen molar-refractivity contribution in [3.63, 3.8) is 0 Å². The highest BCUT2D eigenvalue weighted by Crippen LogP contribution is 2.34. The van der Waals surface area contributed by atoms with Crippen molar-refractivity contribution < 1.29 is 9.90 Å². The highest BCUT2D eigenvalue weighted by molar-refractivity contribution is 5.78. The summed E-state index contributed by atoms with van der Waals surface area (Å²) in [5, 5.41) is 9.01. The molecular formula is C16H23NO2. The van der Waals surface area contributed by atoms with Gasteiger partial charge >= 0.3 is 0 Å². The van der Waals surface area contributed by atoms with Gasteiger partial charge < -0.3 is 10.0 Å². The predicted molar refractivity (Wildman–Crippen MR) is 75.3 cm³/mol. The molecule has 3 heteroatoms.